The summed E-state index contributed by atoms with van der Waals surface area (Å²) in [5.41, 5.74) is 0.932. The third-order valence-corrected chi connectivity index (χ3v) is 4.84. The Labute approximate surface area is 124 Å². The Morgan fingerprint density at radius 2 is 2.10 bits per heavy atom. The molecule has 0 radical (unpaired) electrons. The maximum atomic E-state index is 12.0. The van der Waals surface area contributed by atoms with Crippen molar-refractivity contribution in [3.05, 3.63) is 17.5 Å². The van der Waals surface area contributed by atoms with Crippen LogP contribution in [0.4, 0.5) is 5.95 Å². The van der Waals surface area contributed by atoms with Gasteiger partial charge in [0.2, 0.25) is 5.95 Å². The highest BCUT2D eigenvalue weighted by Crippen LogP contribution is 2.16. The lowest BCUT2D eigenvalue weighted by Crippen LogP contribution is -2.31. The third kappa shape index (κ3) is 4.38. The third-order valence-electron chi connectivity index (χ3n) is 3.07. The lowest BCUT2D eigenvalue weighted by atomic mass is 10.2. The number of amides is 1. The summed E-state index contributed by atoms with van der Waals surface area (Å²) >= 11 is 0. The maximum absolute atomic E-state index is 12.0. The quantitative estimate of drug-likeness (QED) is 0.840. The van der Waals surface area contributed by atoms with Crippen LogP contribution in [0.15, 0.2) is 6.07 Å². The zero-order chi connectivity index (χ0) is 15.6. The standard InChI is InChI=1S/C13H20N4O3S/c1-8(2)14-12(18)11-6-9(3)15-13(17-11)16-10-4-5-21(19,20)7-10/h6,8,10H,4-5,7H2,1-3H3,(H,14,18)(H,15,16,17). The van der Waals surface area contributed by atoms with Gasteiger partial charge in [0.1, 0.15) is 5.69 Å². The monoisotopic (exact) mass is 312 g/mol. The largest absolute Gasteiger partial charge is 0.350 e. The van der Waals surface area contributed by atoms with Gasteiger partial charge in [-0.15, -0.1) is 0 Å². The van der Waals surface area contributed by atoms with Gasteiger partial charge in [0.05, 0.1) is 11.5 Å². The molecule has 1 aromatic rings. The number of nitrogens with one attached hydrogen (secondary N) is 2. The fraction of sp³-hybridized carbons (Fsp3) is 0.615. The molecule has 2 rings (SSSR count). The first-order chi connectivity index (χ1) is 9.75. The zero-order valence-electron chi connectivity index (χ0n) is 12.4. The summed E-state index contributed by atoms with van der Waals surface area (Å²) in [5.74, 6) is 0.290. The van der Waals surface area contributed by atoms with E-state index in [9.17, 15) is 13.2 Å². The number of aryl methyl sites for hydroxylation is 1. The molecule has 1 aromatic heterocycles. The van der Waals surface area contributed by atoms with E-state index in [0.717, 1.165) is 0 Å². The smallest absolute Gasteiger partial charge is 0.270 e. The zero-order valence-corrected chi connectivity index (χ0v) is 13.2. The Balaban J connectivity index is 2.14. The number of sulfone groups is 1. The van der Waals surface area contributed by atoms with Crippen molar-refractivity contribution in [2.75, 3.05) is 16.8 Å². The molecule has 8 heteroatoms. The number of hydrogen-bond acceptors (Lipinski definition) is 6. The maximum Gasteiger partial charge on any atom is 0.270 e. The molecule has 21 heavy (non-hydrogen) atoms. The van der Waals surface area contributed by atoms with Crippen LogP contribution in [0.1, 0.15) is 36.5 Å². The normalized spacial score (nSPS) is 20.5. The number of nitrogens with zero attached hydrogens (tertiary/aromatic N) is 2. The highest BCUT2D eigenvalue weighted by molar-refractivity contribution is 7.91. The molecule has 1 fully saturated rings. The summed E-state index contributed by atoms with van der Waals surface area (Å²) < 4.78 is 22.9. The van der Waals surface area contributed by atoms with Gasteiger partial charge in [-0.3, -0.25) is 4.79 Å². The Morgan fingerprint density at radius 3 is 2.67 bits per heavy atom. The van der Waals surface area contributed by atoms with Gasteiger partial charge in [-0.1, -0.05) is 0 Å². The predicted molar refractivity (Wildman–Crippen MR) is 80.1 cm³/mol. The van der Waals surface area contributed by atoms with Crippen LogP contribution in [0.5, 0.6) is 0 Å². The number of carbonyl (C=O) groups is 1. The van der Waals surface area contributed by atoms with Crippen molar-refractivity contribution in [1.82, 2.24) is 15.3 Å². The molecule has 0 aromatic carbocycles. The summed E-state index contributed by atoms with van der Waals surface area (Å²) in [7, 11) is -2.97. The molecule has 1 aliphatic heterocycles. The van der Waals surface area contributed by atoms with Gasteiger partial charge in [0.25, 0.3) is 5.91 Å². The summed E-state index contributed by atoms with van der Waals surface area (Å²) in [5, 5.41) is 5.77. The minimum atomic E-state index is -2.97. The van der Waals surface area contributed by atoms with Crippen LogP contribution in [0, 0.1) is 6.92 Å². The second-order valence-corrected chi connectivity index (χ2v) is 7.82. The Kier molecular flexibility index (Phi) is 4.46. The summed E-state index contributed by atoms with van der Waals surface area (Å²) in [4.78, 5) is 20.4. The van der Waals surface area contributed by atoms with Crippen molar-refractivity contribution in [3.63, 3.8) is 0 Å². The van der Waals surface area contributed by atoms with Crippen LogP contribution in [0.3, 0.4) is 0 Å². The molecule has 2 heterocycles. The van der Waals surface area contributed by atoms with Gasteiger partial charge in [0, 0.05) is 17.8 Å². The van der Waals surface area contributed by atoms with Crippen LogP contribution in [-0.2, 0) is 9.84 Å². The second kappa shape index (κ2) is 5.97. The Bertz CT molecular complexity index is 643. The molecule has 1 saturated heterocycles. The molecule has 0 bridgehead atoms. The molecule has 2 N–H and O–H groups in total. The molecule has 116 valence electrons. The number of aromatic nitrogens is 2. The second-order valence-electron chi connectivity index (χ2n) is 5.59. The lowest BCUT2D eigenvalue weighted by molar-refractivity contribution is 0.0938. The first kappa shape index (κ1) is 15.7. The SMILES string of the molecule is Cc1cc(C(=O)NC(C)C)nc(NC2CCS(=O)(=O)C2)n1. The van der Waals surface area contributed by atoms with E-state index in [1.807, 2.05) is 13.8 Å². The van der Waals surface area contributed by atoms with Crippen molar-refractivity contribution in [2.24, 2.45) is 0 Å². The first-order valence-corrected chi connectivity index (χ1v) is 8.71. The highest BCUT2D eigenvalue weighted by atomic mass is 32.2. The van der Waals surface area contributed by atoms with Gasteiger partial charge in [-0.2, -0.15) is 0 Å². The molecule has 1 amide bonds. The summed E-state index contributed by atoms with van der Waals surface area (Å²) in [6, 6.07) is 1.43. The van der Waals surface area contributed by atoms with Gasteiger partial charge in [0.15, 0.2) is 9.84 Å². The van der Waals surface area contributed by atoms with Crippen LogP contribution in [0.25, 0.3) is 0 Å². The first-order valence-electron chi connectivity index (χ1n) is 6.89. The molecule has 0 spiro atoms. The van der Waals surface area contributed by atoms with Crippen molar-refractivity contribution in [3.8, 4) is 0 Å². The molecule has 1 unspecified atom stereocenters. The lowest BCUT2D eigenvalue weighted by Gasteiger charge is -2.13. The van der Waals surface area contributed by atoms with Crippen LogP contribution >= 0.6 is 0 Å². The van der Waals surface area contributed by atoms with Gasteiger partial charge >= 0.3 is 0 Å². The number of hydrogen-bond donors (Lipinski definition) is 2. The average molecular weight is 312 g/mol. The average Bonchev–Trinajstić information content (AvgIpc) is 2.67. The van der Waals surface area contributed by atoms with E-state index >= 15 is 0 Å². The highest BCUT2D eigenvalue weighted by Gasteiger charge is 2.28. The van der Waals surface area contributed by atoms with E-state index in [-0.39, 0.29) is 35.2 Å². The topological polar surface area (TPSA) is 101 Å². The van der Waals surface area contributed by atoms with Crippen molar-refractivity contribution < 1.29 is 13.2 Å². The minimum absolute atomic E-state index is 0.0177. The molecular weight excluding hydrogens is 292 g/mol. The molecule has 1 aliphatic rings. The summed E-state index contributed by atoms with van der Waals surface area (Å²) in [6.45, 7) is 5.51. The van der Waals surface area contributed by atoms with E-state index in [1.165, 1.54) is 0 Å². The minimum Gasteiger partial charge on any atom is -0.350 e. The molecule has 0 saturated carbocycles. The Morgan fingerprint density at radius 1 is 1.38 bits per heavy atom. The van der Waals surface area contributed by atoms with Crippen molar-refractivity contribution in [1.29, 1.82) is 0 Å². The van der Waals surface area contributed by atoms with E-state index < -0.39 is 9.84 Å². The fourth-order valence-corrected chi connectivity index (χ4v) is 3.85. The van der Waals surface area contributed by atoms with Crippen molar-refractivity contribution in [2.45, 2.75) is 39.3 Å². The van der Waals surface area contributed by atoms with Gasteiger partial charge in [-0.25, -0.2) is 18.4 Å². The van der Waals surface area contributed by atoms with Crippen LogP contribution < -0.4 is 10.6 Å². The molecule has 7 nitrogen and oxygen atoms in total. The van der Waals surface area contributed by atoms with Crippen LogP contribution in [-0.4, -0.2) is 47.9 Å². The van der Waals surface area contributed by atoms with Crippen molar-refractivity contribution >= 4 is 21.7 Å². The fourth-order valence-electron chi connectivity index (χ4n) is 2.18. The van der Waals surface area contributed by atoms with E-state index in [1.54, 1.807) is 13.0 Å². The van der Waals surface area contributed by atoms with E-state index in [2.05, 4.69) is 20.6 Å². The summed E-state index contributed by atoms with van der Waals surface area (Å²) in [6.07, 6.45) is 0.535. The van der Waals surface area contributed by atoms with E-state index in [4.69, 9.17) is 0 Å². The van der Waals surface area contributed by atoms with E-state index in [0.29, 0.717) is 18.1 Å². The Hall–Kier alpha value is -1.70. The number of carbonyl (C=O) groups excluding carboxylic acids is 1. The predicted octanol–water partition coefficient (Wildman–Crippen LogP) is 0.522. The molecule has 1 atom stereocenters. The number of rotatable bonds is 4. The van der Waals surface area contributed by atoms with Gasteiger partial charge in [-0.05, 0) is 33.3 Å². The molecule has 0 aliphatic carbocycles. The van der Waals surface area contributed by atoms with Gasteiger partial charge < -0.3 is 10.6 Å². The molecular formula is C13H20N4O3S. The number of anilines is 1. The van der Waals surface area contributed by atoms with Crippen LogP contribution in [0.2, 0.25) is 0 Å².